The summed E-state index contributed by atoms with van der Waals surface area (Å²) in [6, 6.07) is 0.329. The van der Waals surface area contributed by atoms with Crippen molar-refractivity contribution in [1.29, 1.82) is 0 Å². The molecule has 0 saturated carbocycles. The van der Waals surface area contributed by atoms with Gasteiger partial charge in [-0.3, -0.25) is 0 Å². The van der Waals surface area contributed by atoms with Gasteiger partial charge in [-0.1, -0.05) is 13.8 Å². The van der Waals surface area contributed by atoms with Gasteiger partial charge in [0.15, 0.2) is 5.82 Å². The summed E-state index contributed by atoms with van der Waals surface area (Å²) in [5.41, 5.74) is 0. The van der Waals surface area contributed by atoms with Crippen LogP contribution in [0.15, 0.2) is 0 Å². The number of halogens is 2. The molecule has 1 heterocycles. The van der Waals surface area contributed by atoms with E-state index in [2.05, 4.69) is 20.8 Å². The van der Waals surface area contributed by atoms with Gasteiger partial charge in [0, 0.05) is 6.04 Å². The Kier molecular flexibility index (Phi) is 5.92. The molecule has 0 saturated heterocycles. The minimum atomic E-state index is -2.44. The van der Waals surface area contributed by atoms with Gasteiger partial charge >= 0.3 is 0 Å². The number of nitrogens with one attached hydrogen (secondary N) is 1. The van der Waals surface area contributed by atoms with Crippen LogP contribution in [0, 0.1) is 0 Å². The Bertz CT molecular complexity index is 318. The minimum absolute atomic E-state index is 0.171. The predicted molar refractivity (Wildman–Crippen MR) is 56.6 cm³/mol. The van der Waals surface area contributed by atoms with Gasteiger partial charge in [0.2, 0.25) is 0 Å². The molecule has 1 rings (SSSR count). The number of ether oxygens (including phenoxy) is 1. The maximum atomic E-state index is 11.8. The summed E-state index contributed by atoms with van der Waals surface area (Å²) in [4.78, 5) is 0. The SMILES string of the molecule is CC(C)NCc1nnnn1CCOCC(F)F. The van der Waals surface area contributed by atoms with E-state index in [0.29, 0.717) is 25.0 Å². The molecule has 1 aromatic rings. The normalized spacial score (nSPS) is 11.6. The fourth-order valence-corrected chi connectivity index (χ4v) is 1.14. The van der Waals surface area contributed by atoms with Crippen molar-refractivity contribution in [1.82, 2.24) is 25.5 Å². The monoisotopic (exact) mass is 249 g/mol. The topological polar surface area (TPSA) is 64.9 Å². The molecule has 0 amide bonds. The Morgan fingerprint density at radius 1 is 1.41 bits per heavy atom. The maximum absolute atomic E-state index is 11.8. The van der Waals surface area contributed by atoms with Crippen LogP contribution in [-0.2, 0) is 17.8 Å². The van der Waals surface area contributed by atoms with Crippen LogP contribution in [0.25, 0.3) is 0 Å². The quantitative estimate of drug-likeness (QED) is 0.678. The van der Waals surface area contributed by atoms with Crippen molar-refractivity contribution in [2.24, 2.45) is 0 Å². The average Bonchev–Trinajstić information content (AvgIpc) is 2.68. The molecule has 0 unspecified atom stereocenters. The molecule has 0 aromatic carbocycles. The Labute approximate surface area is 98.3 Å². The van der Waals surface area contributed by atoms with Crippen LogP contribution in [0.2, 0.25) is 0 Å². The first-order chi connectivity index (χ1) is 8.09. The van der Waals surface area contributed by atoms with Crippen molar-refractivity contribution in [2.75, 3.05) is 13.2 Å². The molecule has 0 radical (unpaired) electrons. The third kappa shape index (κ3) is 5.64. The Morgan fingerprint density at radius 2 is 2.18 bits per heavy atom. The molecule has 6 nitrogen and oxygen atoms in total. The van der Waals surface area contributed by atoms with Gasteiger partial charge in [-0.25, -0.2) is 13.5 Å². The van der Waals surface area contributed by atoms with E-state index in [1.165, 1.54) is 0 Å². The summed E-state index contributed by atoms with van der Waals surface area (Å²) in [7, 11) is 0. The van der Waals surface area contributed by atoms with Gasteiger partial charge in [-0.05, 0) is 10.4 Å². The maximum Gasteiger partial charge on any atom is 0.261 e. The summed E-state index contributed by atoms with van der Waals surface area (Å²) < 4.78 is 29.9. The van der Waals surface area contributed by atoms with E-state index in [9.17, 15) is 8.78 Å². The van der Waals surface area contributed by atoms with Crippen LogP contribution < -0.4 is 5.32 Å². The molecule has 0 atom stereocenters. The average molecular weight is 249 g/mol. The second-order valence-corrected chi connectivity index (χ2v) is 3.82. The van der Waals surface area contributed by atoms with Crippen LogP contribution in [0.1, 0.15) is 19.7 Å². The molecule has 1 N–H and O–H groups in total. The largest absolute Gasteiger partial charge is 0.374 e. The number of hydrogen-bond donors (Lipinski definition) is 1. The number of alkyl halides is 2. The highest BCUT2D eigenvalue weighted by Crippen LogP contribution is 1.96. The lowest BCUT2D eigenvalue weighted by atomic mass is 10.4. The summed E-state index contributed by atoms with van der Waals surface area (Å²) in [6.45, 7) is 4.56. The third-order valence-electron chi connectivity index (χ3n) is 1.97. The van der Waals surface area contributed by atoms with Crippen LogP contribution in [0.3, 0.4) is 0 Å². The second kappa shape index (κ2) is 7.23. The van der Waals surface area contributed by atoms with Crippen molar-refractivity contribution < 1.29 is 13.5 Å². The van der Waals surface area contributed by atoms with Crippen LogP contribution in [0.4, 0.5) is 8.78 Å². The lowest BCUT2D eigenvalue weighted by Crippen LogP contribution is -2.25. The highest BCUT2D eigenvalue weighted by atomic mass is 19.3. The van der Waals surface area contributed by atoms with Crippen molar-refractivity contribution in [3.05, 3.63) is 5.82 Å². The van der Waals surface area contributed by atoms with E-state index < -0.39 is 13.0 Å². The first-order valence-electron chi connectivity index (χ1n) is 5.44. The number of rotatable bonds is 8. The van der Waals surface area contributed by atoms with Crippen LogP contribution in [-0.4, -0.2) is 45.9 Å². The van der Waals surface area contributed by atoms with Crippen molar-refractivity contribution in [3.63, 3.8) is 0 Å². The number of aromatic nitrogens is 4. The zero-order valence-electron chi connectivity index (χ0n) is 9.94. The van der Waals surface area contributed by atoms with Crippen molar-refractivity contribution in [3.8, 4) is 0 Å². The molecule has 17 heavy (non-hydrogen) atoms. The predicted octanol–water partition coefficient (Wildman–Crippen LogP) is 0.453. The zero-order valence-corrected chi connectivity index (χ0v) is 9.94. The Balaban J connectivity index is 2.30. The second-order valence-electron chi connectivity index (χ2n) is 3.82. The van der Waals surface area contributed by atoms with E-state index in [1.807, 2.05) is 13.8 Å². The van der Waals surface area contributed by atoms with Gasteiger partial charge < -0.3 is 10.1 Å². The van der Waals surface area contributed by atoms with Gasteiger partial charge in [0.25, 0.3) is 6.43 Å². The molecule has 0 aliphatic carbocycles. The van der Waals surface area contributed by atoms with Gasteiger partial charge in [0.1, 0.15) is 6.61 Å². The van der Waals surface area contributed by atoms with E-state index in [4.69, 9.17) is 4.74 Å². The van der Waals surface area contributed by atoms with E-state index in [0.717, 1.165) is 0 Å². The standard InChI is InChI=1S/C9H17F2N5O/c1-7(2)12-5-9-13-14-15-16(9)3-4-17-6-8(10)11/h7-8,12H,3-6H2,1-2H3. The Morgan fingerprint density at radius 3 is 2.82 bits per heavy atom. The molecule has 0 spiro atoms. The van der Waals surface area contributed by atoms with E-state index in [1.54, 1.807) is 4.68 Å². The zero-order chi connectivity index (χ0) is 12.7. The van der Waals surface area contributed by atoms with Gasteiger partial charge in [0.05, 0.1) is 19.7 Å². The summed E-state index contributed by atoms with van der Waals surface area (Å²) >= 11 is 0. The fourth-order valence-electron chi connectivity index (χ4n) is 1.14. The molecular weight excluding hydrogens is 232 g/mol. The molecule has 0 aliphatic heterocycles. The smallest absolute Gasteiger partial charge is 0.261 e. The number of hydrogen-bond acceptors (Lipinski definition) is 5. The molecule has 1 aromatic heterocycles. The molecule has 8 heteroatoms. The summed E-state index contributed by atoms with van der Waals surface area (Å²) in [5, 5.41) is 14.3. The van der Waals surface area contributed by atoms with E-state index in [-0.39, 0.29) is 6.61 Å². The number of nitrogens with zero attached hydrogens (tertiary/aromatic N) is 4. The highest BCUT2D eigenvalue weighted by Gasteiger charge is 2.07. The van der Waals surface area contributed by atoms with Gasteiger partial charge in [-0.15, -0.1) is 5.10 Å². The number of tetrazole rings is 1. The highest BCUT2D eigenvalue weighted by molar-refractivity contribution is 4.80. The van der Waals surface area contributed by atoms with Gasteiger partial charge in [-0.2, -0.15) is 0 Å². The molecule has 0 fully saturated rings. The van der Waals surface area contributed by atoms with Crippen LogP contribution >= 0.6 is 0 Å². The summed E-state index contributed by atoms with van der Waals surface area (Å²) in [6.07, 6.45) is -2.44. The van der Waals surface area contributed by atoms with Crippen molar-refractivity contribution in [2.45, 2.75) is 39.4 Å². The molecular formula is C9H17F2N5O. The van der Waals surface area contributed by atoms with E-state index >= 15 is 0 Å². The first kappa shape index (κ1) is 13.9. The van der Waals surface area contributed by atoms with Crippen LogP contribution in [0.5, 0.6) is 0 Å². The first-order valence-corrected chi connectivity index (χ1v) is 5.44. The minimum Gasteiger partial charge on any atom is -0.374 e. The Hall–Kier alpha value is -1.15. The molecule has 0 bridgehead atoms. The van der Waals surface area contributed by atoms with Crippen molar-refractivity contribution >= 4 is 0 Å². The molecule has 98 valence electrons. The molecule has 0 aliphatic rings. The fraction of sp³-hybridized carbons (Fsp3) is 0.889. The lowest BCUT2D eigenvalue weighted by molar-refractivity contribution is 0.0136. The third-order valence-corrected chi connectivity index (χ3v) is 1.97. The summed E-state index contributed by atoms with van der Waals surface area (Å²) in [5.74, 6) is 0.666. The lowest BCUT2D eigenvalue weighted by Gasteiger charge is -2.08.